The molecule has 0 radical (unpaired) electrons. The highest BCUT2D eigenvalue weighted by molar-refractivity contribution is 6.91. The first kappa shape index (κ1) is 43.5. The van der Waals surface area contributed by atoms with Crippen molar-refractivity contribution >= 4 is 46.1 Å². The van der Waals surface area contributed by atoms with Gasteiger partial charge in [-0.1, -0.05) is 141 Å². The summed E-state index contributed by atoms with van der Waals surface area (Å²) in [5.74, 6) is 1.41. The minimum Gasteiger partial charge on any atom is -0.495 e. The number of aryl methyl sites for hydroxylation is 1. The molecule has 4 heteroatoms. The molecule has 0 bridgehead atoms. The standard InChI is InChI=1S/C60H75BN2O/c1-35(2)37-29-49-52-50(30-37)63(47-22-18-38(28-36(47)3)55(4,5)6)48-23-19-39(56(7,8)9)31-46(48)61(52)54-53(41-33-44-45(34-51(41)64-54)60(16,17)27-26-59(44,14)15)62(49)40-20-21-42-43(32-40)58(12,13)25-24-57(42,10)11/h18-23,28-35,53-54H,24-27H2,1-17H3. The molecule has 0 saturated carbocycles. The van der Waals surface area contributed by atoms with E-state index in [4.69, 9.17) is 4.74 Å². The van der Waals surface area contributed by atoms with E-state index in [-0.39, 0.29) is 51.2 Å². The average Bonchev–Trinajstić information content (AvgIpc) is 3.58. The smallest absolute Gasteiger partial charge is 0.267 e. The lowest BCUT2D eigenvalue weighted by Gasteiger charge is -2.49. The van der Waals surface area contributed by atoms with Crippen LogP contribution in [0.5, 0.6) is 5.75 Å². The lowest BCUT2D eigenvalue weighted by Crippen LogP contribution is -2.65. The van der Waals surface area contributed by atoms with Gasteiger partial charge in [-0.25, -0.2) is 0 Å². The molecule has 0 aromatic heterocycles. The quantitative estimate of drug-likeness (QED) is 0.168. The summed E-state index contributed by atoms with van der Waals surface area (Å²) in [7, 11) is 0. The number of anilines is 5. The summed E-state index contributed by atoms with van der Waals surface area (Å²) in [4.78, 5) is 5.41. The van der Waals surface area contributed by atoms with Crippen molar-refractivity contribution in [2.24, 2.45) is 0 Å². The SMILES string of the molecule is Cc1cc(C(C)(C)C)ccc1N1c2ccc(C(C)(C)C)cc2B2c3c1cc(C(C)C)cc3N(c1ccc3c(c1)C(C)(C)CCC3(C)C)C1c3cc4c(cc3OC21)C(C)(C)CCC4(C)C. The second-order valence-corrected chi connectivity index (χ2v) is 25.8. The fourth-order valence-electron chi connectivity index (χ4n) is 12.5. The highest BCUT2D eigenvalue weighted by atomic mass is 16.5. The normalized spacial score (nSPS) is 21.9. The van der Waals surface area contributed by atoms with E-state index in [1.807, 2.05) is 0 Å². The van der Waals surface area contributed by atoms with Crippen LogP contribution in [0.1, 0.15) is 198 Å². The number of benzene rings is 5. The Labute approximate surface area is 387 Å². The van der Waals surface area contributed by atoms with Crippen LogP contribution < -0.4 is 25.5 Å². The number of nitrogens with zero attached hydrogens (tertiary/aromatic N) is 2. The third-order valence-corrected chi connectivity index (χ3v) is 17.0. The summed E-state index contributed by atoms with van der Waals surface area (Å²) >= 11 is 0. The van der Waals surface area contributed by atoms with Crippen molar-refractivity contribution in [2.75, 3.05) is 9.80 Å². The van der Waals surface area contributed by atoms with Crippen molar-refractivity contribution in [3.63, 3.8) is 0 Å². The van der Waals surface area contributed by atoms with E-state index in [1.165, 1.54) is 115 Å². The highest BCUT2D eigenvalue weighted by Gasteiger charge is 2.56. The maximum Gasteiger partial charge on any atom is 0.267 e. The van der Waals surface area contributed by atoms with E-state index in [0.717, 1.165) is 5.75 Å². The minimum atomic E-state index is -0.137. The number of rotatable bonds is 3. The zero-order chi connectivity index (χ0) is 46.0. The molecule has 0 amide bonds. The van der Waals surface area contributed by atoms with Crippen LogP contribution >= 0.6 is 0 Å². The molecule has 0 spiro atoms. The third kappa shape index (κ3) is 6.48. The molecular formula is C60H75BN2O. The Kier molecular flexibility index (Phi) is 9.37. The number of ether oxygens (including phenoxy) is 1. The molecule has 3 aliphatic heterocycles. The van der Waals surface area contributed by atoms with Crippen molar-refractivity contribution in [2.45, 2.75) is 194 Å². The summed E-state index contributed by atoms with van der Waals surface area (Å²) in [6, 6.07) is 32.3. The number of hydrogen-bond donors (Lipinski definition) is 0. The van der Waals surface area contributed by atoms with Crippen molar-refractivity contribution in [1.29, 1.82) is 0 Å². The van der Waals surface area contributed by atoms with Crippen molar-refractivity contribution in [3.8, 4) is 5.75 Å². The molecule has 5 aromatic rings. The third-order valence-electron chi connectivity index (χ3n) is 17.0. The summed E-state index contributed by atoms with van der Waals surface area (Å²) < 4.78 is 7.74. The molecule has 2 unspecified atom stereocenters. The molecule has 64 heavy (non-hydrogen) atoms. The van der Waals surface area contributed by atoms with Crippen LogP contribution in [0.3, 0.4) is 0 Å². The zero-order valence-corrected chi connectivity index (χ0v) is 42.4. The molecule has 5 aromatic carbocycles. The fraction of sp³-hybridized carbons (Fsp3) is 0.500. The summed E-state index contributed by atoms with van der Waals surface area (Å²) in [5.41, 5.74) is 22.3. The van der Waals surface area contributed by atoms with Crippen LogP contribution in [0.25, 0.3) is 0 Å². The van der Waals surface area contributed by atoms with Crippen LogP contribution in [0.15, 0.2) is 78.9 Å². The summed E-state index contributed by atoms with van der Waals surface area (Å²) in [6.07, 6.45) is 4.74. The fourth-order valence-corrected chi connectivity index (χ4v) is 12.5. The van der Waals surface area contributed by atoms with E-state index in [9.17, 15) is 0 Å². The van der Waals surface area contributed by atoms with Gasteiger partial charge in [0.15, 0.2) is 0 Å². The van der Waals surface area contributed by atoms with Crippen molar-refractivity contribution < 1.29 is 4.74 Å². The number of fused-ring (bicyclic) bond motifs is 8. The Morgan fingerprint density at radius 2 is 1.11 bits per heavy atom. The Morgan fingerprint density at radius 1 is 0.578 bits per heavy atom. The van der Waals surface area contributed by atoms with Crippen LogP contribution in [0.4, 0.5) is 28.4 Å². The largest absolute Gasteiger partial charge is 0.495 e. The van der Waals surface area contributed by atoms with Crippen molar-refractivity contribution in [1.82, 2.24) is 0 Å². The Balaban J connectivity index is 1.32. The number of hydrogen-bond acceptors (Lipinski definition) is 3. The van der Waals surface area contributed by atoms with Gasteiger partial charge in [0.2, 0.25) is 0 Å². The molecule has 3 heterocycles. The minimum absolute atomic E-state index is 0.0165. The van der Waals surface area contributed by atoms with E-state index >= 15 is 0 Å². The Hall–Kier alpha value is -4.44. The molecule has 3 nitrogen and oxygen atoms in total. The maximum atomic E-state index is 7.74. The molecule has 0 fully saturated rings. The first-order valence-electron chi connectivity index (χ1n) is 24.7. The van der Waals surface area contributed by atoms with Gasteiger partial charge in [0.25, 0.3) is 6.71 Å². The monoisotopic (exact) mass is 851 g/mol. The van der Waals surface area contributed by atoms with Gasteiger partial charge in [0, 0.05) is 34.0 Å². The highest BCUT2D eigenvalue weighted by Crippen LogP contribution is 2.57. The van der Waals surface area contributed by atoms with E-state index in [2.05, 4.69) is 206 Å². The molecule has 0 saturated heterocycles. The van der Waals surface area contributed by atoms with Crippen LogP contribution in [-0.4, -0.2) is 12.7 Å². The molecule has 0 N–H and O–H groups in total. The van der Waals surface area contributed by atoms with Gasteiger partial charge in [-0.3, -0.25) is 0 Å². The van der Waals surface area contributed by atoms with E-state index in [1.54, 1.807) is 0 Å². The van der Waals surface area contributed by atoms with E-state index < -0.39 is 0 Å². The average molecular weight is 851 g/mol. The van der Waals surface area contributed by atoms with Gasteiger partial charge >= 0.3 is 0 Å². The molecule has 2 atom stereocenters. The second kappa shape index (κ2) is 13.8. The first-order valence-corrected chi connectivity index (χ1v) is 24.7. The second-order valence-electron chi connectivity index (χ2n) is 25.8. The zero-order valence-electron chi connectivity index (χ0n) is 42.4. The predicted molar refractivity (Wildman–Crippen MR) is 275 cm³/mol. The molecule has 5 aliphatic rings. The first-order chi connectivity index (χ1) is 29.7. The predicted octanol–water partition coefficient (Wildman–Crippen LogP) is 15.0. The molecular weight excluding hydrogens is 775 g/mol. The van der Waals surface area contributed by atoms with Gasteiger partial charge in [0.1, 0.15) is 11.8 Å². The Bertz CT molecular complexity index is 2750. The summed E-state index contributed by atoms with van der Waals surface area (Å²) in [5, 5.41) is 0. The molecule has 334 valence electrons. The van der Waals surface area contributed by atoms with Gasteiger partial charge in [-0.15, -0.1) is 0 Å². The van der Waals surface area contributed by atoms with Gasteiger partial charge < -0.3 is 14.5 Å². The van der Waals surface area contributed by atoms with Gasteiger partial charge in [0.05, 0.1) is 6.04 Å². The lowest BCUT2D eigenvalue weighted by atomic mass is 9.32. The van der Waals surface area contributed by atoms with Crippen LogP contribution in [0, 0.1) is 6.92 Å². The van der Waals surface area contributed by atoms with Gasteiger partial charge in [-0.05, 0) is 175 Å². The Morgan fingerprint density at radius 3 is 1.69 bits per heavy atom. The topological polar surface area (TPSA) is 15.7 Å². The van der Waals surface area contributed by atoms with Crippen LogP contribution in [0.2, 0.25) is 0 Å². The van der Waals surface area contributed by atoms with Crippen molar-refractivity contribution in [3.05, 3.63) is 129 Å². The van der Waals surface area contributed by atoms with Gasteiger partial charge in [-0.2, -0.15) is 0 Å². The van der Waals surface area contributed by atoms with Crippen LogP contribution in [-0.2, 0) is 32.5 Å². The molecule has 2 aliphatic carbocycles. The summed E-state index contributed by atoms with van der Waals surface area (Å²) in [6.45, 7) is 40.8. The lowest BCUT2D eigenvalue weighted by molar-refractivity contribution is 0.280. The molecule has 10 rings (SSSR count). The van der Waals surface area contributed by atoms with E-state index in [0.29, 0.717) is 5.92 Å². The maximum absolute atomic E-state index is 7.74.